The predicted octanol–water partition coefficient (Wildman–Crippen LogP) is 3.84. The van der Waals surface area contributed by atoms with Crippen molar-refractivity contribution in [1.82, 2.24) is 10.2 Å². The number of halogens is 3. The van der Waals surface area contributed by atoms with Crippen LogP contribution in [0.3, 0.4) is 0 Å². The molecule has 1 N–H and O–H groups in total. The molecule has 1 atom stereocenters. The maximum Gasteiger partial charge on any atom is 0.401 e. The first-order valence-corrected chi connectivity index (χ1v) is 9.69. The number of benzene rings is 1. The molecule has 0 saturated carbocycles. The lowest BCUT2D eigenvalue weighted by molar-refractivity contribution is -0.143. The number of fused-ring (bicyclic) bond motifs is 1. The number of furan rings is 1. The molecule has 0 saturated heterocycles. The highest BCUT2D eigenvalue weighted by Gasteiger charge is 2.29. The zero-order valence-corrected chi connectivity index (χ0v) is 16.6. The molecule has 0 fully saturated rings. The van der Waals surface area contributed by atoms with Crippen LogP contribution in [-0.2, 0) is 13.0 Å². The molecular weight excluding hydrogens is 383 g/mol. The van der Waals surface area contributed by atoms with Crippen molar-refractivity contribution in [3.05, 3.63) is 53.5 Å². The highest BCUT2D eigenvalue weighted by molar-refractivity contribution is 5.95. The Morgan fingerprint density at radius 1 is 1.31 bits per heavy atom. The molecule has 0 bridgehead atoms. The van der Waals surface area contributed by atoms with Crippen molar-refractivity contribution < 1.29 is 22.4 Å². The zero-order chi connectivity index (χ0) is 21.0. The smallest absolute Gasteiger partial charge is 0.401 e. The van der Waals surface area contributed by atoms with Crippen LogP contribution < -0.4 is 10.2 Å². The van der Waals surface area contributed by atoms with Gasteiger partial charge in [-0.25, -0.2) is 0 Å². The maximum absolute atomic E-state index is 12.5. The number of nitrogens with one attached hydrogen (secondary N) is 1. The van der Waals surface area contributed by atoms with Crippen molar-refractivity contribution in [2.24, 2.45) is 0 Å². The van der Waals surface area contributed by atoms with Gasteiger partial charge in [0, 0.05) is 18.3 Å². The first-order chi connectivity index (χ1) is 13.7. The van der Waals surface area contributed by atoms with Gasteiger partial charge in [-0.2, -0.15) is 13.2 Å². The lowest BCUT2D eigenvalue weighted by atomic mass is 10.1. The molecule has 1 aromatic carbocycles. The van der Waals surface area contributed by atoms with E-state index in [4.69, 9.17) is 4.42 Å². The molecule has 1 amide bonds. The van der Waals surface area contributed by atoms with Gasteiger partial charge in [-0.3, -0.25) is 9.69 Å². The van der Waals surface area contributed by atoms with E-state index in [0.717, 1.165) is 12.1 Å². The first kappa shape index (κ1) is 21.2. The molecule has 1 aliphatic heterocycles. The molecular formula is C21H26F3N3O2. The van der Waals surface area contributed by atoms with Crippen LogP contribution in [-0.4, -0.2) is 49.7 Å². The molecule has 158 valence electrons. The number of anilines is 1. The number of carbonyl (C=O) groups is 1. The van der Waals surface area contributed by atoms with Crippen molar-refractivity contribution >= 4 is 11.6 Å². The van der Waals surface area contributed by atoms with Gasteiger partial charge in [-0.05, 0) is 51.1 Å². The molecule has 0 radical (unpaired) electrons. The summed E-state index contributed by atoms with van der Waals surface area (Å²) in [6.07, 6.45) is -1.34. The lowest BCUT2D eigenvalue weighted by Crippen LogP contribution is -2.34. The number of alkyl halides is 3. The van der Waals surface area contributed by atoms with Gasteiger partial charge in [-0.15, -0.1) is 0 Å². The third kappa shape index (κ3) is 5.53. The Kier molecular flexibility index (Phi) is 6.52. The number of hydrogen-bond donors (Lipinski definition) is 1. The van der Waals surface area contributed by atoms with Crippen LogP contribution >= 0.6 is 0 Å². The Bertz CT molecular complexity index is 835. The second kappa shape index (κ2) is 8.90. The largest absolute Gasteiger partial charge is 0.467 e. The van der Waals surface area contributed by atoms with Crippen LogP contribution in [0.1, 0.15) is 35.0 Å². The summed E-state index contributed by atoms with van der Waals surface area (Å²) in [5.74, 6) is 0.313. The fourth-order valence-corrected chi connectivity index (χ4v) is 3.72. The third-order valence-electron chi connectivity index (χ3n) is 5.10. The Balaban J connectivity index is 1.53. The summed E-state index contributed by atoms with van der Waals surface area (Å²) in [5, 5.41) is 2.77. The van der Waals surface area contributed by atoms with Gasteiger partial charge < -0.3 is 14.6 Å². The molecule has 0 aliphatic carbocycles. The average Bonchev–Trinajstić information content (AvgIpc) is 3.22. The fraction of sp³-hybridized carbons (Fsp3) is 0.476. The minimum Gasteiger partial charge on any atom is -0.467 e. The molecule has 29 heavy (non-hydrogen) atoms. The van der Waals surface area contributed by atoms with E-state index in [-0.39, 0.29) is 12.5 Å². The highest BCUT2D eigenvalue weighted by atomic mass is 19.4. The number of carbonyl (C=O) groups excluding carboxylic acids is 1. The van der Waals surface area contributed by atoms with Crippen molar-refractivity contribution in [1.29, 1.82) is 0 Å². The summed E-state index contributed by atoms with van der Waals surface area (Å²) in [4.78, 5) is 15.9. The van der Waals surface area contributed by atoms with Crippen molar-refractivity contribution in [3.8, 4) is 0 Å². The van der Waals surface area contributed by atoms with Crippen LogP contribution in [0.4, 0.5) is 18.9 Å². The van der Waals surface area contributed by atoms with Gasteiger partial charge in [0.05, 0.1) is 24.9 Å². The standard InChI is InChI=1S/C21H26F3N3O2/c1-15-12-16-6-3-4-7-18(16)27(15)13-19-17(8-11-29-19)20(28)25-9-5-10-26(2)14-21(22,23)24/h3-4,6-8,11,15H,5,9-10,12-14H2,1-2H3,(H,25,28). The van der Waals surface area contributed by atoms with E-state index in [1.54, 1.807) is 6.07 Å². The molecule has 2 aromatic rings. The van der Waals surface area contributed by atoms with Gasteiger partial charge in [0.2, 0.25) is 0 Å². The molecule has 5 nitrogen and oxygen atoms in total. The number of hydrogen-bond acceptors (Lipinski definition) is 4. The van der Waals surface area contributed by atoms with Gasteiger partial charge in [0.25, 0.3) is 5.91 Å². The van der Waals surface area contributed by atoms with E-state index in [0.29, 0.717) is 36.9 Å². The number of para-hydroxylation sites is 1. The third-order valence-corrected chi connectivity index (χ3v) is 5.10. The summed E-state index contributed by atoms with van der Waals surface area (Å²) < 4.78 is 42.6. The normalized spacial score (nSPS) is 16.3. The quantitative estimate of drug-likeness (QED) is 0.673. The number of nitrogens with zero attached hydrogens (tertiary/aromatic N) is 2. The van der Waals surface area contributed by atoms with Gasteiger partial charge in [0.15, 0.2) is 0 Å². The Morgan fingerprint density at radius 2 is 2.07 bits per heavy atom. The van der Waals surface area contributed by atoms with E-state index < -0.39 is 12.7 Å². The second-order valence-electron chi connectivity index (χ2n) is 7.53. The fourth-order valence-electron chi connectivity index (χ4n) is 3.72. The van der Waals surface area contributed by atoms with Gasteiger partial charge >= 0.3 is 6.18 Å². The van der Waals surface area contributed by atoms with E-state index >= 15 is 0 Å². The maximum atomic E-state index is 12.5. The van der Waals surface area contributed by atoms with Crippen LogP contribution in [0.2, 0.25) is 0 Å². The van der Waals surface area contributed by atoms with Gasteiger partial charge in [0.1, 0.15) is 5.76 Å². The molecule has 8 heteroatoms. The minimum atomic E-state index is -4.21. The molecule has 3 rings (SSSR count). The van der Waals surface area contributed by atoms with E-state index in [1.807, 2.05) is 12.1 Å². The minimum absolute atomic E-state index is 0.250. The number of amides is 1. The van der Waals surface area contributed by atoms with Crippen LogP contribution in [0.5, 0.6) is 0 Å². The Morgan fingerprint density at radius 3 is 2.83 bits per heavy atom. The summed E-state index contributed by atoms with van der Waals surface area (Å²) in [6.45, 7) is 2.22. The van der Waals surface area contributed by atoms with E-state index in [1.165, 1.54) is 23.8 Å². The highest BCUT2D eigenvalue weighted by Crippen LogP contribution is 2.33. The second-order valence-corrected chi connectivity index (χ2v) is 7.53. The summed E-state index contributed by atoms with van der Waals surface area (Å²) in [6, 6.07) is 10.1. The van der Waals surface area contributed by atoms with E-state index in [9.17, 15) is 18.0 Å². The van der Waals surface area contributed by atoms with E-state index in [2.05, 4.69) is 29.3 Å². The summed E-state index contributed by atoms with van der Waals surface area (Å²) in [5.41, 5.74) is 2.89. The number of rotatable bonds is 8. The SMILES string of the molecule is CC1Cc2ccccc2N1Cc1occc1C(=O)NCCCN(C)CC(F)(F)F. The van der Waals surface area contributed by atoms with Crippen LogP contribution in [0.15, 0.2) is 41.0 Å². The average molecular weight is 409 g/mol. The predicted molar refractivity (Wildman–Crippen MR) is 105 cm³/mol. The van der Waals surface area contributed by atoms with Crippen molar-refractivity contribution in [3.63, 3.8) is 0 Å². The van der Waals surface area contributed by atoms with Crippen molar-refractivity contribution in [2.75, 3.05) is 31.6 Å². The molecule has 0 spiro atoms. The van der Waals surface area contributed by atoms with Gasteiger partial charge in [-0.1, -0.05) is 18.2 Å². The monoisotopic (exact) mass is 409 g/mol. The van der Waals surface area contributed by atoms with Crippen molar-refractivity contribution in [2.45, 2.75) is 38.5 Å². The summed E-state index contributed by atoms with van der Waals surface area (Å²) in [7, 11) is 1.42. The molecule has 1 aromatic heterocycles. The Hall–Kier alpha value is -2.48. The molecule has 1 aliphatic rings. The molecule has 1 unspecified atom stereocenters. The zero-order valence-electron chi connectivity index (χ0n) is 16.6. The topological polar surface area (TPSA) is 48.7 Å². The first-order valence-electron chi connectivity index (χ1n) is 9.69. The summed E-state index contributed by atoms with van der Waals surface area (Å²) >= 11 is 0. The van der Waals surface area contributed by atoms with Crippen LogP contribution in [0.25, 0.3) is 0 Å². The lowest BCUT2D eigenvalue weighted by Gasteiger charge is -2.24. The van der Waals surface area contributed by atoms with Crippen LogP contribution in [0, 0.1) is 0 Å². The Labute approximate surface area is 168 Å². The molecule has 2 heterocycles.